The molecule has 1 heterocycles. The second-order valence-electron chi connectivity index (χ2n) is 3.21. The molecule has 0 fully saturated rings. The lowest BCUT2D eigenvalue weighted by Crippen LogP contribution is -1.92. The van der Waals surface area contributed by atoms with Crippen LogP contribution in [0.5, 0.6) is 0 Å². The van der Waals surface area contributed by atoms with Crippen molar-refractivity contribution in [1.29, 1.82) is 0 Å². The molecule has 0 saturated carbocycles. The van der Waals surface area contributed by atoms with Crippen LogP contribution in [0, 0.1) is 0 Å². The van der Waals surface area contributed by atoms with E-state index in [1.54, 1.807) is 0 Å². The molecule has 0 amide bonds. The number of hydrogen-bond acceptors (Lipinski definition) is 1. The molecule has 0 spiro atoms. The Morgan fingerprint density at radius 1 is 1.38 bits per heavy atom. The van der Waals surface area contributed by atoms with Gasteiger partial charge in [-0.3, -0.25) is 0 Å². The predicted molar refractivity (Wildman–Crippen MR) is 53.5 cm³/mol. The molecule has 0 aliphatic carbocycles. The van der Waals surface area contributed by atoms with Gasteiger partial charge in [0.2, 0.25) is 0 Å². The fraction of sp³-hybridized carbons (Fsp3) is 0.273. The van der Waals surface area contributed by atoms with E-state index in [2.05, 4.69) is 4.98 Å². The van der Waals surface area contributed by atoms with Crippen molar-refractivity contribution in [2.75, 3.05) is 0 Å². The highest BCUT2D eigenvalue weighted by Gasteiger charge is 2.09. The molecule has 2 N–H and O–H groups in total. The van der Waals surface area contributed by atoms with Crippen LogP contribution in [0.25, 0.3) is 10.9 Å². The number of benzene rings is 1. The first kappa shape index (κ1) is 8.32. The van der Waals surface area contributed by atoms with Crippen LogP contribution in [0.15, 0.2) is 30.5 Å². The first-order chi connectivity index (χ1) is 6.33. The fourth-order valence-electron chi connectivity index (χ4n) is 1.59. The summed E-state index contributed by atoms with van der Waals surface area (Å²) >= 11 is 0. The van der Waals surface area contributed by atoms with Gasteiger partial charge in [-0.2, -0.15) is 0 Å². The lowest BCUT2D eigenvalue weighted by molar-refractivity contribution is 0.175. The van der Waals surface area contributed by atoms with E-state index in [9.17, 15) is 5.11 Å². The minimum atomic E-state index is -0.351. The van der Waals surface area contributed by atoms with Gasteiger partial charge in [-0.05, 0) is 12.5 Å². The molecule has 0 radical (unpaired) electrons. The van der Waals surface area contributed by atoms with E-state index >= 15 is 0 Å². The largest absolute Gasteiger partial charge is 0.388 e. The van der Waals surface area contributed by atoms with E-state index in [0.29, 0.717) is 0 Å². The Labute approximate surface area is 77.2 Å². The van der Waals surface area contributed by atoms with Gasteiger partial charge in [0.25, 0.3) is 0 Å². The van der Waals surface area contributed by atoms with Gasteiger partial charge in [-0.1, -0.05) is 25.1 Å². The standard InChI is InChI=1S/C11H13NO/c1-2-11(13)9-7-12-10-6-4-3-5-8(9)10/h3-7,11-13H,2H2,1H3. The summed E-state index contributed by atoms with van der Waals surface area (Å²) in [5.41, 5.74) is 2.09. The lowest BCUT2D eigenvalue weighted by atomic mass is 10.1. The van der Waals surface area contributed by atoms with E-state index in [4.69, 9.17) is 0 Å². The summed E-state index contributed by atoms with van der Waals surface area (Å²) in [4.78, 5) is 3.14. The number of H-pyrrole nitrogens is 1. The van der Waals surface area contributed by atoms with Gasteiger partial charge in [0.1, 0.15) is 0 Å². The van der Waals surface area contributed by atoms with Crippen molar-refractivity contribution in [3.05, 3.63) is 36.0 Å². The Bertz CT molecular complexity index is 405. The quantitative estimate of drug-likeness (QED) is 0.723. The number of hydrogen-bond donors (Lipinski definition) is 2. The molecule has 2 aromatic rings. The third-order valence-corrected chi connectivity index (χ3v) is 2.37. The maximum Gasteiger partial charge on any atom is 0.0808 e. The van der Waals surface area contributed by atoms with Crippen molar-refractivity contribution >= 4 is 10.9 Å². The minimum absolute atomic E-state index is 0.351. The highest BCUT2D eigenvalue weighted by molar-refractivity contribution is 5.83. The van der Waals surface area contributed by atoms with Crippen LogP contribution in [0.4, 0.5) is 0 Å². The molecule has 0 saturated heterocycles. The fourth-order valence-corrected chi connectivity index (χ4v) is 1.59. The molecule has 1 atom stereocenters. The molecular weight excluding hydrogens is 162 g/mol. The first-order valence-corrected chi connectivity index (χ1v) is 4.57. The van der Waals surface area contributed by atoms with Crippen molar-refractivity contribution in [3.63, 3.8) is 0 Å². The Kier molecular flexibility index (Phi) is 2.07. The summed E-state index contributed by atoms with van der Waals surface area (Å²) in [7, 11) is 0. The van der Waals surface area contributed by atoms with Gasteiger partial charge in [0.15, 0.2) is 0 Å². The molecule has 68 valence electrons. The topological polar surface area (TPSA) is 36.0 Å². The Balaban J connectivity index is 2.57. The molecular formula is C11H13NO. The molecule has 1 unspecified atom stereocenters. The van der Waals surface area contributed by atoms with E-state index in [0.717, 1.165) is 22.9 Å². The zero-order chi connectivity index (χ0) is 9.26. The number of nitrogens with one attached hydrogen (secondary N) is 1. The number of aliphatic hydroxyl groups excluding tert-OH is 1. The zero-order valence-corrected chi connectivity index (χ0v) is 7.62. The first-order valence-electron chi connectivity index (χ1n) is 4.57. The third-order valence-electron chi connectivity index (χ3n) is 2.37. The van der Waals surface area contributed by atoms with Crippen molar-refractivity contribution in [3.8, 4) is 0 Å². The van der Waals surface area contributed by atoms with E-state index in [1.165, 1.54) is 0 Å². The van der Waals surface area contributed by atoms with Crippen molar-refractivity contribution < 1.29 is 5.11 Å². The van der Waals surface area contributed by atoms with Crippen LogP contribution < -0.4 is 0 Å². The molecule has 2 nitrogen and oxygen atoms in total. The molecule has 2 rings (SSSR count). The van der Waals surface area contributed by atoms with Crippen LogP contribution >= 0.6 is 0 Å². The number of aliphatic hydroxyl groups is 1. The molecule has 1 aromatic carbocycles. The lowest BCUT2D eigenvalue weighted by Gasteiger charge is -2.04. The predicted octanol–water partition coefficient (Wildman–Crippen LogP) is 2.61. The number of para-hydroxylation sites is 1. The Morgan fingerprint density at radius 2 is 2.15 bits per heavy atom. The van der Waals surface area contributed by atoms with Gasteiger partial charge >= 0.3 is 0 Å². The summed E-state index contributed by atoms with van der Waals surface area (Å²) in [5, 5.41) is 10.8. The highest BCUT2D eigenvalue weighted by Crippen LogP contribution is 2.25. The molecule has 0 bridgehead atoms. The summed E-state index contributed by atoms with van der Waals surface area (Å²) in [6, 6.07) is 8.02. The second-order valence-corrected chi connectivity index (χ2v) is 3.21. The monoisotopic (exact) mass is 175 g/mol. The van der Waals surface area contributed by atoms with Gasteiger partial charge in [0, 0.05) is 22.7 Å². The summed E-state index contributed by atoms with van der Waals surface area (Å²) in [6.07, 6.45) is 2.29. The summed E-state index contributed by atoms with van der Waals surface area (Å²) < 4.78 is 0. The van der Waals surface area contributed by atoms with Gasteiger partial charge in [-0.25, -0.2) is 0 Å². The van der Waals surface area contributed by atoms with E-state index in [1.807, 2.05) is 37.4 Å². The molecule has 13 heavy (non-hydrogen) atoms. The Morgan fingerprint density at radius 3 is 2.92 bits per heavy atom. The zero-order valence-electron chi connectivity index (χ0n) is 7.62. The van der Waals surface area contributed by atoms with Crippen LogP contribution in [0.1, 0.15) is 25.0 Å². The molecule has 2 heteroatoms. The number of aromatic nitrogens is 1. The molecule has 0 aliphatic rings. The van der Waals surface area contributed by atoms with Gasteiger partial charge in [-0.15, -0.1) is 0 Å². The van der Waals surface area contributed by atoms with Crippen LogP contribution in [-0.4, -0.2) is 10.1 Å². The van der Waals surface area contributed by atoms with Crippen molar-refractivity contribution in [2.45, 2.75) is 19.4 Å². The molecule has 1 aromatic heterocycles. The van der Waals surface area contributed by atoms with Crippen molar-refractivity contribution in [2.24, 2.45) is 0 Å². The average molecular weight is 175 g/mol. The van der Waals surface area contributed by atoms with Crippen molar-refractivity contribution in [1.82, 2.24) is 4.98 Å². The van der Waals surface area contributed by atoms with Crippen LogP contribution in [0.3, 0.4) is 0 Å². The van der Waals surface area contributed by atoms with E-state index < -0.39 is 0 Å². The maximum absolute atomic E-state index is 9.70. The number of fused-ring (bicyclic) bond motifs is 1. The van der Waals surface area contributed by atoms with Crippen LogP contribution in [-0.2, 0) is 0 Å². The average Bonchev–Trinajstić information content (AvgIpc) is 2.60. The number of aromatic amines is 1. The summed E-state index contributed by atoms with van der Waals surface area (Å²) in [6.45, 7) is 1.98. The normalized spacial score (nSPS) is 13.4. The number of rotatable bonds is 2. The third kappa shape index (κ3) is 1.33. The van der Waals surface area contributed by atoms with Crippen LogP contribution in [0.2, 0.25) is 0 Å². The maximum atomic E-state index is 9.70. The minimum Gasteiger partial charge on any atom is -0.388 e. The highest BCUT2D eigenvalue weighted by atomic mass is 16.3. The Hall–Kier alpha value is -1.28. The SMILES string of the molecule is CCC(O)c1c[nH]c2ccccc12. The summed E-state index contributed by atoms with van der Waals surface area (Å²) in [5.74, 6) is 0. The van der Waals surface area contributed by atoms with Gasteiger partial charge in [0.05, 0.1) is 6.10 Å². The van der Waals surface area contributed by atoms with Gasteiger partial charge < -0.3 is 10.1 Å². The smallest absolute Gasteiger partial charge is 0.0808 e. The molecule has 0 aliphatic heterocycles. The second kappa shape index (κ2) is 3.23. The van der Waals surface area contributed by atoms with E-state index in [-0.39, 0.29) is 6.10 Å².